The molecule has 0 amide bonds. The van der Waals surface area contributed by atoms with Crippen molar-refractivity contribution in [3.05, 3.63) is 176 Å². The molecular weight excluding hydrogens is 751 g/mol. The summed E-state index contributed by atoms with van der Waals surface area (Å²) in [5.74, 6) is 0.647. The van der Waals surface area contributed by atoms with E-state index in [0.717, 1.165) is 72.4 Å². The molecule has 4 heteroatoms. The minimum absolute atomic E-state index is 0. The number of hydrogen-bond acceptors (Lipinski definition) is 3. The molecule has 0 fully saturated rings. The van der Waals surface area contributed by atoms with Gasteiger partial charge in [-0.3, -0.25) is 0 Å². The Hall–Kier alpha value is -5.54. The molecule has 8 aromatic rings. The predicted octanol–water partition coefficient (Wildman–Crippen LogP) is 10.8. The van der Waals surface area contributed by atoms with Gasteiger partial charge in [0.2, 0.25) is 0 Å². The maximum Gasteiger partial charge on any atom is 0.142 e. The van der Waals surface area contributed by atoms with Crippen LogP contribution in [-0.2, 0) is 20.1 Å². The zero-order chi connectivity index (χ0) is 30.7. The summed E-state index contributed by atoms with van der Waals surface area (Å²) in [6.45, 7) is 0. The second-order valence-corrected chi connectivity index (χ2v) is 11.2. The summed E-state index contributed by atoms with van der Waals surface area (Å²) in [6.07, 6.45) is 1.92. The molecule has 2 aromatic heterocycles. The number of nitrogens with zero attached hydrogens (tertiary/aromatic N) is 3. The molecule has 0 atom stereocenters. The van der Waals surface area contributed by atoms with Gasteiger partial charge in [-0.1, -0.05) is 145 Å². The fourth-order valence-corrected chi connectivity index (χ4v) is 5.99. The van der Waals surface area contributed by atoms with Crippen molar-refractivity contribution in [1.29, 1.82) is 0 Å². The van der Waals surface area contributed by atoms with Gasteiger partial charge in [0.05, 0.1) is 11.4 Å². The summed E-state index contributed by atoms with van der Waals surface area (Å²) in [5.41, 5.74) is 11.0. The molecule has 3 nitrogen and oxygen atoms in total. The number of pyridine rings is 1. The van der Waals surface area contributed by atoms with E-state index in [1.807, 2.05) is 42.6 Å². The van der Waals surface area contributed by atoms with E-state index in [1.165, 1.54) is 0 Å². The van der Waals surface area contributed by atoms with Crippen LogP contribution in [0.25, 0.3) is 78.2 Å². The standard InChI is InChI=1S/C43H28N3.Ir/c1-3-14-30(15-4-1)36-22-9-11-24-38(36)41-28-42(39-25-12-10-23-37(39)31-16-5-2-6-17-31)46-43(45-41)34-21-13-20-33(26-34)40-27-32-18-7-8-19-35(32)29-44-40;/h1-19,21-29H;/q-1;. The van der Waals surface area contributed by atoms with Crippen LogP contribution in [0, 0.1) is 6.07 Å². The number of rotatable bonds is 6. The van der Waals surface area contributed by atoms with Gasteiger partial charge in [0, 0.05) is 37.4 Å². The average molecular weight is 779 g/mol. The van der Waals surface area contributed by atoms with E-state index in [4.69, 9.17) is 15.0 Å². The molecule has 0 unspecified atom stereocenters. The molecule has 0 bridgehead atoms. The molecule has 47 heavy (non-hydrogen) atoms. The summed E-state index contributed by atoms with van der Waals surface area (Å²) < 4.78 is 0. The molecule has 0 spiro atoms. The smallest absolute Gasteiger partial charge is 0.142 e. The minimum atomic E-state index is 0. The minimum Gasteiger partial charge on any atom is -0.304 e. The zero-order valence-corrected chi connectivity index (χ0v) is 27.7. The van der Waals surface area contributed by atoms with Crippen molar-refractivity contribution < 1.29 is 20.1 Å². The van der Waals surface area contributed by atoms with Crippen LogP contribution in [0.4, 0.5) is 0 Å². The monoisotopic (exact) mass is 779 g/mol. The van der Waals surface area contributed by atoms with E-state index >= 15 is 0 Å². The first-order valence-electron chi connectivity index (χ1n) is 15.4. The second-order valence-electron chi connectivity index (χ2n) is 11.2. The Kier molecular flexibility index (Phi) is 8.62. The van der Waals surface area contributed by atoms with E-state index in [1.54, 1.807) is 0 Å². The summed E-state index contributed by atoms with van der Waals surface area (Å²) in [7, 11) is 0. The van der Waals surface area contributed by atoms with Crippen LogP contribution in [0.1, 0.15) is 0 Å². The summed E-state index contributed by atoms with van der Waals surface area (Å²) in [6, 6.07) is 59.8. The summed E-state index contributed by atoms with van der Waals surface area (Å²) in [4.78, 5) is 15.2. The Morgan fingerprint density at radius 3 is 1.51 bits per heavy atom. The number of fused-ring (bicyclic) bond motifs is 1. The quantitative estimate of drug-likeness (QED) is 0.158. The van der Waals surface area contributed by atoms with Crippen LogP contribution in [0.3, 0.4) is 0 Å². The molecule has 0 N–H and O–H groups in total. The third-order valence-corrected chi connectivity index (χ3v) is 8.27. The number of hydrogen-bond donors (Lipinski definition) is 0. The van der Waals surface area contributed by atoms with Gasteiger partial charge in [0.15, 0.2) is 0 Å². The van der Waals surface area contributed by atoms with Gasteiger partial charge in [0.1, 0.15) is 5.82 Å². The van der Waals surface area contributed by atoms with Crippen molar-refractivity contribution >= 4 is 10.8 Å². The SMILES string of the molecule is [Ir].[c-]1ccc(-c2nc(-c3ccccc3-c3ccccc3)cc(-c3ccccc3-c3ccccc3)n2)cc1-c1cc2ccccc2cn1. The molecule has 225 valence electrons. The topological polar surface area (TPSA) is 38.7 Å². The van der Waals surface area contributed by atoms with Gasteiger partial charge < -0.3 is 4.98 Å². The first-order valence-corrected chi connectivity index (χ1v) is 15.4. The Bertz CT molecular complexity index is 2220. The van der Waals surface area contributed by atoms with Crippen LogP contribution in [-0.4, -0.2) is 15.0 Å². The van der Waals surface area contributed by atoms with E-state index in [0.29, 0.717) is 5.82 Å². The van der Waals surface area contributed by atoms with Gasteiger partial charge in [-0.15, -0.1) is 29.8 Å². The molecule has 6 aromatic carbocycles. The van der Waals surface area contributed by atoms with Crippen molar-refractivity contribution in [3.8, 4) is 67.4 Å². The van der Waals surface area contributed by atoms with Crippen molar-refractivity contribution in [3.63, 3.8) is 0 Å². The van der Waals surface area contributed by atoms with Crippen LogP contribution < -0.4 is 0 Å². The Morgan fingerprint density at radius 2 is 0.915 bits per heavy atom. The molecule has 0 saturated heterocycles. The third-order valence-electron chi connectivity index (χ3n) is 8.27. The van der Waals surface area contributed by atoms with Crippen molar-refractivity contribution in [2.24, 2.45) is 0 Å². The van der Waals surface area contributed by atoms with Crippen molar-refractivity contribution in [1.82, 2.24) is 15.0 Å². The molecule has 0 saturated carbocycles. The molecule has 0 aliphatic rings. The summed E-state index contributed by atoms with van der Waals surface area (Å²) >= 11 is 0. The van der Waals surface area contributed by atoms with Gasteiger partial charge in [0.25, 0.3) is 0 Å². The van der Waals surface area contributed by atoms with Gasteiger partial charge in [-0.25, -0.2) is 9.97 Å². The molecule has 0 aliphatic heterocycles. The normalized spacial score (nSPS) is 10.8. The van der Waals surface area contributed by atoms with Crippen LogP contribution in [0.5, 0.6) is 0 Å². The van der Waals surface area contributed by atoms with Gasteiger partial charge in [-0.2, -0.15) is 0 Å². The van der Waals surface area contributed by atoms with Crippen molar-refractivity contribution in [2.45, 2.75) is 0 Å². The largest absolute Gasteiger partial charge is 0.304 e. The second kappa shape index (κ2) is 13.4. The Morgan fingerprint density at radius 1 is 0.404 bits per heavy atom. The van der Waals surface area contributed by atoms with Crippen LogP contribution in [0.2, 0.25) is 0 Å². The molecule has 8 rings (SSSR count). The van der Waals surface area contributed by atoms with E-state index in [2.05, 4.69) is 133 Å². The van der Waals surface area contributed by atoms with Crippen LogP contribution in [0.15, 0.2) is 170 Å². The molecular formula is C43H28IrN3-. The fourth-order valence-electron chi connectivity index (χ4n) is 5.99. The van der Waals surface area contributed by atoms with E-state index in [-0.39, 0.29) is 20.1 Å². The van der Waals surface area contributed by atoms with E-state index < -0.39 is 0 Å². The maximum atomic E-state index is 5.23. The maximum absolute atomic E-state index is 5.23. The average Bonchev–Trinajstić information content (AvgIpc) is 3.15. The Labute approximate surface area is 288 Å². The first-order chi connectivity index (χ1) is 22.8. The predicted molar refractivity (Wildman–Crippen MR) is 189 cm³/mol. The van der Waals surface area contributed by atoms with Gasteiger partial charge in [-0.05, 0) is 44.8 Å². The zero-order valence-electron chi connectivity index (χ0n) is 25.3. The van der Waals surface area contributed by atoms with Crippen LogP contribution >= 0.6 is 0 Å². The summed E-state index contributed by atoms with van der Waals surface area (Å²) in [5, 5.41) is 2.25. The molecule has 1 radical (unpaired) electrons. The first kappa shape index (κ1) is 30.1. The molecule has 0 aliphatic carbocycles. The molecule has 2 heterocycles. The van der Waals surface area contributed by atoms with Gasteiger partial charge >= 0.3 is 0 Å². The number of benzene rings is 6. The Balaban J connectivity index is 0.00000351. The third kappa shape index (κ3) is 6.17. The fraction of sp³-hybridized carbons (Fsp3) is 0. The number of aromatic nitrogens is 3. The van der Waals surface area contributed by atoms with E-state index in [9.17, 15) is 0 Å². The van der Waals surface area contributed by atoms with Crippen molar-refractivity contribution in [2.75, 3.05) is 0 Å².